The second-order valence-electron chi connectivity index (χ2n) is 11.0. The molecule has 2 aromatic heterocycles. The zero-order valence-electron chi connectivity index (χ0n) is 23.3. The number of ketones is 4. The summed E-state index contributed by atoms with van der Waals surface area (Å²) in [5, 5.41) is 5.27. The Morgan fingerprint density at radius 3 is 1.15 bits per heavy atom. The van der Waals surface area contributed by atoms with Crippen LogP contribution in [0.1, 0.15) is 67.2 Å². The average molecular weight is 537 g/mol. The lowest BCUT2D eigenvalue weighted by molar-refractivity contribution is -0.143. The van der Waals surface area contributed by atoms with E-state index in [4.69, 9.17) is 0 Å². The average Bonchev–Trinajstić information content (AvgIpc) is 2.90. The summed E-state index contributed by atoms with van der Waals surface area (Å²) in [6.45, 7) is 8.79. The third-order valence-electron chi connectivity index (χ3n) is 6.92. The monoisotopic (exact) mass is 536 g/mol. The lowest BCUT2D eigenvalue weighted by atomic mass is 9.76. The first-order valence-corrected chi connectivity index (χ1v) is 12.7. The fourth-order valence-electron chi connectivity index (χ4n) is 3.56. The summed E-state index contributed by atoms with van der Waals surface area (Å²) in [5.74, 6) is -2.89. The SMILES string of the molecule is CC(C)(C(=O)CCC(=O)C(C)(C)C(=O)Nc1cccnc1)C(=O)CCC(=O)C(C)(C)C(=O)Nc1cccnc1. The molecule has 0 aliphatic rings. The number of rotatable bonds is 14. The highest BCUT2D eigenvalue weighted by molar-refractivity contribution is 6.14. The minimum atomic E-state index is -1.44. The van der Waals surface area contributed by atoms with E-state index in [1.807, 2.05) is 0 Å². The van der Waals surface area contributed by atoms with Crippen LogP contribution in [-0.2, 0) is 28.8 Å². The minimum absolute atomic E-state index is 0.219. The number of hydrogen-bond donors (Lipinski definition) is 2. The van der Waals surface area contributed by atoms with E-state index < -0.39 is 51.2 Å². The van der Waals surface area contributed by atoms with Gasteiger partial charge in [-0.05, 0) is 65.8 Å². The lowest BCUT2D eigenvalue weighted by Gasteiger charge is -2.25. The van der Waals surface area contributed by atoms with Crippen molar-refractivity contribution < 1.29 is 28.8 Å². The van der Waals surface area contributed by atoms with Gasteiger partial charge < -0.3 is 10.6 Å². The van der Waals surface area contributed by atoms with Crippen LogP contribution >= 0.6 is 0 Å². The van der Waals surface area contributed by atoms with Gasteiger partial charge in [-0.25, -0.2) is 0 Å². The molecule has 2 N–H and O–H groups in total. The summed E-state index contributed by atoms with van der Waals surface area (Å²) in [6, 6.07) is 6.58. The first-order valence-electron chi connectivity index (χ1n) is 12.7. The van der Waals surface area contributed by atoms with E-state index in [2.05, 4.69) is 20.6 Å². The zero-order valence-corrected chi connectivity index (χ0v) is 23.3. The van der Waals surface area contributed by atoms with Gasteiger partial charge in [-0.3, -0.25) is 38.7 Å². The van der Waals surface area contributed by atoms with E-state index in [1.54, 1.807) is 36.7 Å². The maximum Gasteiger partial charge on any atom is 0.237 e. The third kappa shape index (κ3) is 7.95. The molecule has 2 aromatic rings. The Labute approximate surface area is 228 Å². The van der Waals surface area contributed by atoms with Gasteiger partial charge in [0.15, 0.2) is 0 Å². The molecule has 0 saturated carbocycles. The number of amides is 2. The molecule has 0 radical (unpaired) electrons. The predicted octanol–water partition coefficient (Wildman–Crippen LogP) is 3.97. The Morgan fingerprint density at radius 1 is 0.564 bits per heavy atom. The highest BCUT2D eigenvalue weighted by Gasteiger charge is 2.40. The number of hydrogen-bond acceptors (Lipinski definition) is 8. The lowest BCUT2D eigenvalue weighted by Crippen LogP contribution is -2.40. The number of aromatic nitrogens is 2. The number of Topliss-reactive ketones (excluding diaryl/α,β-unsaturated/α-hetero) is 4. The largest absolute Gasteiger partial charge is 0.324 e. The standard InChI is InChI=1S/C29H36N4O6/c1-27(2,21(34)11-13-23(36)28(3,4)25(38)32-19-9-7-15-30-17-19)22(35)12-14-24(37)29(5,6)26(39)33-20-10-8-16-31-18-20/h7-10,15-18H,11-14H2,1-6H3,(H,32,38)(H,33,39). The van der Waals surface area contributed by atoms with E-state index in [9.17, 15) is 28.8 Å². The van der Waals surface area contributed by atoms with Gasteiger partial charge in [0.2, 0.25) is 11.8 Å². The summed E-state index contributed by atoms with van der Waals surface area (Å²) in [6.07, 6.45) is 5.12. The van der Waals surface area contributed by atoms with Gasteiger partial charge in [-0.2, -0.15) is 0 Å². The maximum atomic E-state index is 12.9. The minimum Gasteiger partial charge on any atom is -0.324 e. The number of nitrogens with one attached hydrogen (secondary N) is 2. The molecule has 208 valence electrons. The normalized spacial score (nSPS) is 11.8. The van der Waals surface area contributed by atoms with Crippen LogP contribution in [0.25, 0.3) is 0 Å². The highest BCUT2D eigenvalue weighted by Crippen LogP contribution is 2.28. The van der Waals surface area contributed by atoms with Crippen molar-refractivity contribution in [3.05, 3.63) is 49.1 Å². The van der Waals surface area contributed by atoms with Crippen LogP contribution < -0.4 is 10.6 Å². The summed E-state index contributed by atoms with van der Waals surface area (Å²) >= 11 is 0. The van der Waals surface area contributed by atoms with E-state index in [0.717, 1.165) is 0 Å². The molecular formula is C29H36N4O6. The number of pyridine rings is 2. The molecule has 0 atom stereocenters. The van der Waals surface area contributed by atoms with Gasteiger partial charge in [0.05, 0.1) is 29.2 Å². The molecule has 2 rings (SSSR count). The van der Waals surface area contributed by atoms with E-state index in [1.165, 1.54) is 53.9 Å². The van der Waals surface area contributed by atoms with Crippen molar-refractivity contribution in [3.8, 4) is 0 Å². The molecule has 39 heavy (non-hydrogen) atoms. The van der Waals surface area contributed by atoms with Gasteiger partial charge in [-0.15, -0.1) is 0 Å². The van der Waals surface area contributed by atoms with Gasteiger partial charge in [0.25, 0.3) is 0 Å². The van der Waals surface area contributed by atoms with Crippen LogP contribution in [0, 0.1) is 16.2 Å². The number of anilines is 2. The fraction of sp³-hybridized carbons (Fsp3) is 0.448. The number of carbonyl (C=O) groups is 6. The molecule has 0 fully saturated rings. The topological polar surface area (TPSA) is 152 Å². The van der Waals surface area contributed by atoms with Crippen molar-refractivity contribution in [1.29, 1.82) is 0 Å². The van der Waals surface area contributed by atoms with Crippen molar-refractivity contribution in [1.82, 2.24) is 9.97 Å². The van der Waals surface area contributed by atoms with Crippen LogP contribution in [0.5, 0.6) is 0 Å². The van der Waals surface area contributed by atoms with E-state index in [0.29, 0.717) is 11.4 Å². The number of nitrogens with zero attached hydrogens (tertiary/aromatic N) is 2. The molecule has 0 aliphatic carbocycles. The van der Waals surface area contributed by atoms with Gasteiger partial charge in [0, 0.05) is 38.1 Å². The molecule has 10 nitrogen and oxygen atoms in total. The first-order chi connectivity index (χ1) is 18.1. The van der Waals surface area contributed by atoms with Crippen LogP contribution in [0.15, 0.2) is 49.1 Å². The van der Waals surface area contributed by atoms with Gasteiger partial charge in [0.1, 0.15) is 34.0 Å². The second kappa shape index (κ2) is 12.6. The van der Waals surface area contributed by atoms with Crippen molar-refractivity contribution in [2.45, 2.75) is 67.2 Å². The first kappa shape index (κ1) is 31.1. The Balaban J connectivity index is 1.91. The van der Waals surface area contributed by atoms with Crippen LogP contribution in [0.2, 0.25) is 0 Å². The predicted molar refractivity (Wildman–Crippen MR) is 146 cm³/mol. The molecule has 0 unspecified atom stereocenters. The van der Waals surface area contributed by atoms with E-state index >= 15 is 0 Å². The summed E-state index contributed by atoms with van der Waals surface area (Å²) < 4.78 is 0. The number of carbonyl (C=O) groups excluding carboxylic acids is 6. The summed E-state index contributed by atoms with van der Waals surface area (Å²) in [4.78, 5) is 84.6. The van der Waals surface area contributed by atoms with Crippen LogP contribution in [0.4, 0.5) is 11.4 Å². The molecule has 0 bridgehead atoms. The molecule has 0 aliphatic heterocycles. The molecule has 0 spiro atoms. The maximum absolute atomic E-state index is 12.9. The Hall–Kier alpha value is -4.08. The second-order valence-corrected chi connectivity index (χ2v) is 11.0. The Morgan fingerprint density at radius 2 is 0.872 bits per heavy atom. The molecule has 0 aromatic carbocycles. The fourth-order valence-corrected chi connectivity index (χ4v) is 3.56. The summed E-state index contributed by atoms with van der Waals surface area (Å²) in [5.41, 5.74) is -3.36. The Kier molecular flexibility index (Phi) is 10.1. The van der Waals surface area contributed by atoms with Crippen LogP contribution in [-0.4, -0.2) is 44.9 Å². The third-order valence-corrected chi connectivity index (χ3v) is 6.92. The van der Waals surface area contributed by atoms with Crippen molar-refractivity contribution >= 4 is 46.3 Å². The molecule has 2 heterocycles. The zero-order chi connectivity index (χ0) is 29.4. The van der Waals surface area contributed by atoms with E-state index in [-0.39, 0.29) is 25.7 Å². The Bertz CT molecular complexity index is 1140. The van der Waals surface area contributed by atoms with Crippen molar-refractivity contribution in [3.63, 3.8) is 0 Å². The van der Waals surface area contributed by atoms with Gasteiger partial charge in [-0.1, -0.05) is 0 Å². The molecule has 10 heteroatoms. The highest BCUT2D eigenvalue weighted by atomic mass is 16.2. The smallest absolute Gasteiger partial charge is 0.237 e. The molecular weight excluding hydrogens is 500 g/mol. The molecule has 0 saturated heterocycles. The quantitative estimate of drug-likeness (QED) is 0.344. The van der Waals surface area contributed by atoms with Gasteiger partial charge >= 0.3 is 0 Å². The van der Waals surface area contributed by atoms with Crippen LogP contribution in [0.3, 0.4) is 0 Å². The summed E-state index contributed by atoms with van der Waals surface area (Å²) in [7, 11) is 0. The van der Waals surface area contributed by atoms with Crippen molar-refractivity contribution in [2.75, 3.05) is 10.6 Å². The molecule has 2 amide bonds. The van der Waals surface area contributed by atoms with Crippen molar-refractivity contribution in [2.24, 2.45) is 16.2 Å².